The lowest BCUT2D eigenvalue weighted by atomic mass is 10.1. The van der Waals surface area contributed by atoms with Gasteiger partial charge in [-0.1, -0.05) is 55.5 Å². The van der Waals surface area contributed by atoms with Crippen LogP contribution in [0.15, 0.2) is 48.6 Å². The molecule has 158 valence electrons. The minimum atomic E-state index is -0.837. The molecule has 6 nitrogen and oxygen atoms in total. The first-order valence-electron chi connectivity index (χ1n) is 9.98. The van der Waals surface area contributed by atoms with Gasteiger partial charge in [-0.3, -0.25) is 4.79 Å². The summed E-state index contributed by atoms with van der Waals surface area (Å²) in [4.78, 5) is 10.3. The van der Waals surface area contributed by atoms with E-state index >= 15 is 0 Å². The molecule has 0 aliphatic carbocycles. The standard InChI is InChI=1S/C22H34O6/c1-2-20-19(25)16-21(28-20)18(24)15-14-17(23)12-10-8-6-4-3-5-7-9-11-13-22(26)27/h3-4,7-10,14-15,17-21,23-25H,2,5-6,11-13,16H2,1H3,(H,26,27)/b4-3-,9-7-,10-8-,15-14+/t17-,18+,19-,20+,21+/m0/s1. The lowest BCUT2D eigenvalue weighted by Crippen LogP contribution is -2.24. The van der Waals surface area contributed by atoms with Crippen LogP contribution in [-0.2, 0) is 9.53 Å². The van der Waals surface area contributed by atoms with Crippen LogP contribution < -0.4 is 0 Å². The molecule has 1 aliphatic heterocycles. The maximum Gasteiger partial charge on any atom is 0.303 e. The summed E-state index contributed by atoms with van der Waals surface area (Å²) in [6.45, 7) is 1.93. The zero-order valence-electron chi connectivity index (χ0n) is 16.6. The fraction of sp³-hybridized carbons (Fsp3) is 0.591. The zero-order chi connectivity index (χ0) is 20.8. The smallest absolute Gasteiger partial charge is 0.303 e. The number of aliphatic carboxylic acids is 1. The van der Waals surface area contributed by atoms with Gasteiger partial charge in [0.05, 0.1) is 30.5 Å². The van der Waals surface area contributed by atoms with E-state index in [-0.39, 0.29) is 12.5 Å². The maximum atomic E-state index is 10.3. The number of hydrogen-bond acceptors (Lipinski definition) is 5. The first-order chi connectivity index (χ1) is 13.4. The van der Waals surface area contributed by atoms with Gasteiger partial charge in [0.2, 0.25) is 0 Å². The molecule has 5 atom stereocenters. The molecule has 0 spiro atoms. The number of hydrogen-bond donors (Lipinski definition) is 4. The van der Waals surface area contributed by atoms with Gasteiger partial charge in [0, 0.05) is 12.8 Å². The van der Waals surface area contributed by atoms with Gasteiger partial charge in [-0.2, -0.15) is 0 Å². The molecule has 0 radical (unpaired) electrons. The average Bonchev–Trinajstić information content (AvgIpc) is 3.04. The summed E-state index contributed by atoms with van der Waals surface area (Å²) >= 11 is 0. The molecule has 4 N–H and O–H groups in total. The van der Waals surface area contributed by atoms with Crippen molar-refractivity contribution in [1.29, 1.82) is 0 Å². The van der Waals surface area contributed by atoms with Crippen molar-refractivity contribution in [1.82, 2.24) is 0 Å². The van der Waals surface area contributed by atoms with Gasteiger partial charge in [0.1, 0.15) is 0 Å². The Labute approximate surface area is 167 Å². The molecule has 6 heteroatoms. The van der Waals surface area contributed by atoms with E-state index in [9.17, 15) is 20.1 Å². The number of allylic oxidation sites excluding steroid dienone is 5. The monoisotopic (exact) mass is 394 g/mol. The lowest BCUT2D eigenvalue weighted by molar-refractivity contribution is -0.136. The summed E-state index contributed by atoms with van der Waals surface area (Å²) in [5.41, 5.74) is 0. The molecular weight excluding hydrogens is 360 g/mol. The molecule has 1 fully saturated rings. The van der Waals surface area contributed by atoms with E-state index in [1.54, 1.807) is 6.08 Å². The summed E-state index contributed by atoms with van der Waals surface area (Å²) in [6, 6.07) is 0. The third-order valence-electron chi connectivity index (χ3n) is 4.51. The van der Waals surface area contributed by atoms with Crippen LogP contribution in [0.4, 0.5) is 0 Å². The van der Waals surface area contributed by atoms with E-state index in [2.05, 4.69) is 0 Å². The van der Waals surface area contributed by atoms with Crippen LogP contribution in [-0.4, -0.2) is 56.9 Å². The largest absolute Gasteiger partial charge is 0.481 e. The summed E-state index contributed by atoms with van der Waals surface area (Å²) in [6.07, 6.45) is 15.9. The van der Waals surface area contributed by atoms with E-state index in [1.807, 2.05) is 43.4 Å². The fourth-order valence-corrected chi connectivity index (χ4v) is 2.90. The highest BCUT2D eigenvalue weighted by molar-refractivity contribution is 5.66. The highest BCUT2D eigenvalue weighted by atomic mass is 16.5. The summed E-state index contributed by atoms with van der Waals surface area (Å²) < 4.78 is 5.61. The number of ether oxygens (including phenoxy) is 1. The van der Waals surface area contributed by atoms with Gasteiger partial charge in [0.15, 0.2) is 0 Å². The molecule has 1 aliphatic rings. The molecule has 0 bridgehead atoms. The quantitative estimate of drug-likeness (QED) is 0.358. The van der Waals surface area contributed by atoms with Gasteiger partial charge < -0.3 is 25.2 Å². The minimum Gasteiger partial charge on any atom is -0.481 e. The van der Waals surface area contributed by atoms with Gasteiger partial charge in [-0.15, -0.1) is 0 Å². The highest BCUT2D eigenvalue weighted by Crippen LogP contribution is 2.25. The van der Waals surface area contributed by atoms with Crippen molar-refractivity contribution < 1.29 is 30.0 Å². The molecule has 0 aromatic rings. The lowest BCUT2D eigenvalue weighted by Gasteiger charge is -2.16. The molecule has 1 saturated heterocycles. The predicted octanol–water partition coefficient (Wildman–Crippen LogP) is 2.90. The van der Waals surface area contributed by atoms with Crippen LogP contribution in [0.25, 0.3) is 0 Å². The Bertz CT molecular complexity index is 551. The number of carbonyl (C=O) groups is 1. The van der Waals surface area contributed by atoms with Crippen LogP contribution in [0.5, 0.6) is 0 Å². The number of rotatable bonds is 13. The van der Waals surface area contributed by atoms with Crippen molar-refractivity contribution in [3.05, 3.63) is 48.6 Å². The Morgan fingerprint density at radius 1 is 1.07 bits per heavy atom. The second-order valence-electron chi connectivity index (χ2n) is 6.92. The van der Waals surface area contributed by atoms with Crippen LogP contribution in [0.1, 0.15) is 51.9 Å². The first-order valence-corrected chi connectivity index (χ1v) is 9.98. The van der Waals surface area contributed by atoms with Crippen molar-refractivity contribution in [3.63, 3.8) is 0 Å². The van der Waals surface area contributed by atoms with Crippen LogP contribution in [0.3, 0.4) is 0 Å². The van der Waals surface area contributed by atoms with Gasteiger partial charge in [0.25, 0.3) is 0 Å². The van der Waals surface area contributed by atoms with Crippen LogP contribution in [0, 0.1) is 0 Å². The SMILES string of the molecule is CC[C@H]1O[C@@H]([C@H](O)/C=C/[C@@H](O)C/C=C\C/C=C\C/C=C\CCC(=O)O)C[C@@H]1O. The van der Waals surface area contributed by atoms with E-state index < -0.39 is 30.4 Å². The van der Waals surface area contributed by atoms with Gasteiger partial charge >= 0.3 is 5.97 Å². The third-order valence-corrected chi connectivity index (χ3v) is 4.51. The minimum absolute atomic E-state index is 0.158. The summed E-state index contributed by atoms with van der Waals surface area (Å²) in [7, 11) is 0. The molecular formula is C22H34O6. The Kier molecular flexibility index (Phi) is 12.4. The molecule has 1 rings (SSSR count). The predicted molar refractivity (Wildman–Crippen MR) is 109 cm³/mol. The molecule has 0 unspecified atom stereocenters. The third kappa shape index (κ3) is 10.6. The Hall–Kier alpha value is -1.73. The summed E-state index contributed by atoms with van der Waals surface area (Å²) in [5, 5.41) is 38.4. The first kappa shape index (κ1) is 24.3. The van der Waals surface area contributed by atoms with Gasteiger partial charge in [-0.25, -0.2) is 0 Å². The number of aliphatic hydroxyl groups is 3. The van der Waals surface area contributed by atoms with E-state index in [4.69, 9.17) is 9.84 Å². The summed E-state index contributed by atoms with van der Waals surface area (Å²) in [5.74, 6) is -0.785. The molecule has 0 saturated carbocycles. The second-order valence-corrected chi connectivity index (χ2v) is 6.92. The highest BCUT2D eigenvalue weighted by Gasteiger charge is 2.35. The van der Waals surface area contributed by atoms with E-state index in [0.717, 1.165) is 12.8 Å². The maximum absolute atomic E-state index is 10.3. The topological polar surface area (TPSA) is 107 Å². The Morgan fingerprint density at radius 2 is 1.71 bits per heavy atom. The normalized spacial score (nSPS) is 25.5. The van der Waals surface area contributed by atoms with E-state index in [1.165, 1.54) is 6.08 Å². The number of carboxylic acid groups (broad SMARTS) is 1. The molecule has 1 heterocycles. The fourth-order valence-electron chi connectivity index (χ4n) is 2.90. The van der Waals surface area contributed by atoms with Crippen molar-refractivity contribution in [2.75, 3.05) is 0 Å². The van der Waals surface area contributed by atoms with Crippen LogP contribution >= 0.6 is 0 Å². The van der Waals surface area contributed by atoms with Crippen molar-refractivity contribution >= 4 is 5.97 Å². The van der Waals surface area contributed by atoms with Crippen LogP contribution in [0.2, 0.25) is 0 Å². The van der Waals surface area contributed by atoms with Gasteiger partial charge in [-0.05, 0) is 32.1 Å². The Morgan fingerprint density at radius 3 is 2.32 bits per heavy atom. The Balaban J connectivity index is 2.16. The second kappa shape index (κ2) is 14.3. The molecule has 0 amide bonds. The molecule has 28 heavy (non-hydrogen) atoms. The number of carboxylic acids is 1. The molecule has 0 aromatic carbocycles. The zero-order valence-corrected chi connectivity index (χ0v) is 16.6. The molecule has 0 aromatic heterocycles. The van der Waals surface area contributed by atoms with Crippen molar-refractivity contribution in [2.24, 2.45) is 0 Å². The van der Waals surface area contributed by atoms with Crippen molar-refractivity contribution in [2.45, 2.75) is 82.4 Å². The van der Waals surface area contributed by atoms with E-state index in [0.29, 0.717) is 25.7 Å². The van der Waals surface area contributed by atoms with Crippen molar-refractivity contribution in [3.8, 4) is 0 Å². The average molecular weight is 395 g/mol. The number of aliphatic hydroxyl groups excluding tert-OH is 3.